The Morgan fingerprint density at radius 1 is 0.842 bits per heavy atom. The Labute approximate surface area is 118 Å². The maximum atomic E-state index is 2.37. The van der Waals surface area contributed by atoms with E-state index >= 15 is 0 Å². The van der Waals surface area contributed by atoms with E-state index in [0.29, 0.717) is 0 Å². The molecule has 0 unspecified atom stereocenters. The van der Waals surface area contributed by atoms with Crippen molar-refractivity contribution in [2.24, 2.45) is 5.92 Å². The number of hydrogen-bond acceptors (Lipinski definition) is 0. The van der Waals surface area contributed by atoms with E-state index in [4.69, 9.17) is 0 Å². The summed E-state index contributed by atoms with van der Waals surface area (Å²) in [7, 11) is 0. The first-order valence-electron chi connectivity index (χ1n) is 8.51. The number of unbranched alkanes of at least 4 members (excludes halogenated alkanes) is 1. The van der Waals surface area contributed by atoms with E-state index in [1.807, 2.05) is 0 Å². The summed E-state index contributed by atoms with van der Waals surface area (Å²) < 4.78 is 0. The first-order valence-corrected chi connectivity index (χ1v) is 8.51. The quantitative estimate of drug-likeness (QED) is 0.559. The minimum absolute atomic E-state index is 0.912. The van der Waals surface area contributed by atoms with E-state index < -0.39 is 0 Å². The van der Waals surface area contributed by atoms with Gasteiger partial charge in [0.05, 0.1) is 0 Å². The molecule has 2 fully saturated rings. The highest BCUT2D eigenvalue weighted by molar-refractivity contribution is 5.33. The Morgan fingerprint density at radius 2 is 1.63 bits per heavy atom. The van der Waals surface area contributed by atoms with E-state index in [2.05, 4.69) is 24.3 Å². The second-order valence-corrected chi connectivity index (χ2v) is 6.72. The molecule has 0 aliphatic heterocycles. The van der Waals surface area contributed by atoms with E-state index in [1.165, 1.54) is 70.6 Å². The Bertz CT molecular complexity index is 383. The normalized spacial score (nSPS) is 20.6. The Kier molecular flexibility index (Phi) is 4.58. The lowest BCUT2D eigenvalue weighted by Gasteiger charge is -2.21. The maximum absolute atomic E-state index is 2.37. The molecule has 2 aliphatic rings. The van der Waals surface area contributed by atoms with Gasteiger partial charge in [-0.05, 0) is 48.6 Å². The molecule has 0 saturated heterocycles. The largest absolute Gasteiger partial charge is 0.0620 e. The first-order chi connectivity index (χ1) is 9.43. The average molecular weight is 256 g/mol. The van der Waals surface area contributed by atoms with Gasteiger partial charge < -0.3 is 0 Å². The van der Waals surface area contributed by atoms with Gasteiger partial charge in [0.25, 0.3) is 0 Å². The molecule has 0 heteroatoms. The third kappa shape index (κ3) is 3.84. The Hall–Kier alpha value is -0.780. The summed E-state index contributed by atoms with van der Waals surface area (Å²) in [4.78, 5) is 0. The van der Waals surface area contributed by atoms with Crippen molar-refractivity contribution < 1.29 is 0 Å². The van der Waals surface area contributed by atoms with Gasteiger partial charge in [0.1, 0.15) is 0 Å². The van der Waals surface area contributed by atoms with Crippen LogP contribution in [0.15, 0.2) is 24.3 Å². The minimum atomic E-state index is 0.912. The van der Waals surface area contributed by atoms with Crippen molar-refractivity contribution in [1.82, 2.24) is 0 Å². The van der Waals surface area contributed by atoms with Crippen LogP contribution in [-0.4, -0.2) is 0 Å². The zero-order valence-corrected chi connectivity index (χ0v) is 12.2. The van der Waals surface area contributed by atoms with Gasteiger partial charge in [-0.2, -0.15) is 0 Å². The Morgan fingerprint density at radius 3 is 2.42 bits per heavy atom. The molecule has 0 atom stereocenters. The summed E-state index contributed by atoms with van der Waals surface area (Å²) in [5, 5.41) is 0. The standard InChI is InChI=1S/C19H28/c1-2-8-16(9-3-1)10-4-5-11-17-12-6-7-13-19(17)18-14-15-18/h6-7,12-13,16,18H,1-5,8-11,14-15H2. The molecule has 1 aromatic carbocycles. The number of aryl methyl sites for hydroxylation is 1. The molecule has 0 heterocycles. The second-order valence-electron chi connectivity index (χ2n) is 6.72. The molecule has 2 aliphatic carbocycles. The van der Waals surface area contributed by atoms with Gasteiger partial charge in [-0.25, -0.2) is 0 Å². The zero-order chi connectivity index (χ0) is 12.9. The monoisotopic (exact) mass is 256 g/mol. The molecule has 2 saturated carbocycles. The summed E-state index contributed by atoms with van der Waals surface area (Å²) in [5.74, 6) is 1.97. The van der Waals surface area contributed by atoms with Crippen LogP contribution in [0, 0.1) is 5.92 Å². The van der Waals surface area contributed by atoms with Crippen LogP contribution in [0.1, 0.15) is 81.3 Å². The van der Waals surface area contributed by atoms with Crippen LogP contribution >= 0.6 is 0 Å². The predicted octanol–water partition coefficient (Wildman–Crippen LogP) is 5.86. The summed E-state index contributed by atoms with van der Waals surface area (Å²) in [5.41, 5.74) is 3.31. The molecule has 0 nitrogen and oxygen atoms in total. The lowest BCUT2D eigenvalue weighted by molar-refractivity contribution is 0.330. The lowest BCUT2D eigenvalue weighted by atomic mass is 9.85. The Balaban J connectivity index is 1.42. The molecule has 0 radical (unpaired) electrons. The molecule has 3 rings (SSSR count). The molecule has 1 aromatic rings. The van der Waals surface area contributed by atoms with Gasteiger partial charge in [0.2, 0.25) is 0 Å². The van der Waals surface area contributed by atoms with Crippen molar-refractivity contribution in [2.45, 2.75) is 76.5 Å². The van der Waals surface area contributed by atoms with Crippen LogP contribution in [0.3, 0.4) is 0 Å². The number of rotatable bonds is 6. The molecule has 0 spiro atoms. The van der Waals surface area contributed by atoms with Crippen molar-refractivity contribution in [3.8, 4) is 0 Å². The smallest absolute Gasteiger partial charge is 0.0159 e. The molecule has 19 heavy (non-hydrogen) atoms. The van der Waals surface area contributed by atoms with Crippen LogP contribution in [-0.2, 0) is 6.42 Å². The van der Waals surface area contributed by atoms with Gasteiger partial charge >= 0.3 is 0 Å². The van der Waals surface area contributed by atoms with Crippen LogP contribution < -0.4 is 0 Å². The van der Waals surface area contributed by atoms with Gasteiger partial charge in [0.15, 0.2) is 0 Å². The van der Waals surface area contributed by atoms with E-state index in [-0.39, 0.29) is 0 Å². The zero-order valence-electron chi connectivity index (χ0n) is 12.2. The van der Waals surface area contributed by atoms with Crippen LogP contribution in [0.5, 0.6) is 0 Å². The van der Waals surface area contributed by atoms with E-state index in [1.54, 1.807) is 11.1 Å². The SMILES string of the molecule is c1ccc(C2CC2)c(CCCCC2CCCCC2)c1. The summed E-state index contributed by atoms with van der Waals surface area (Å²) in [6.07, 6.45) is 16.0. The molecule has 0 bridgehead atoms. The van der Waals surface area contributed by atoms with Crippen molar-refractivity contribution in [3.63, 3.8) is 0 Å². The van der Waals surface area contributed by atoms with Crippen molar-refractivity contribution in [3.05, 3.63) is 35.4 Å². The maximum Gasteiger partial charge on any atom is -0.0159 e. The third-order valence-corrected chi connectivity index (χ3v) is 5.11. The van der Waals surface area contributed by atoms with Gasteiger partial charge in [-0.1, -0.05) is 69.2 Å². The molecule has 0 aromatic heterocycles. The second kappa shape index (κ2) is 6.59. The fourth-order valence-electron chi connectivity index (χ4n) is 3.78. The van der Waals surface area contributed by atoms with Gasteiger partial charge in [-0.3, -0.25) is 0 Å². The summed E-state index contributed by atoms with van der Waals surface area (Å²) in [6.45, 7) is 0. The summed E-state index contributed by atoms with van der Waals surface area (Å²) >= 11 is 0. The topological polar surface area (TPSA) is 0 Å². The highest BCUT2D eigenvalue weighted by atomic mass is 14.3. The van der Waals surface area contributed by atoms with Crippen molar-refractivity contribution >= 4 is 0 Å². The van der Waals surface area contributed by atoms with Crippen LogP contribution in [0.4, 0.5) is 0 Å². The fraction of sp³-hybridized carbons (Fsp3) is 0.684. The molecule has 0 amide bonds. The first kappa shape index (κ1) is 13.2. The molecular weight excluding hydrogens is 228 g/mol. The minimum Gasteiger partial charge on any atom is -0.0620 e. The van der Waals surface area contributed by atoms with E-state index in [9.17, 15) is 0 Å². The van der Waals surface area contributed by atoms with Gasteiger partial charge in [0, 0.05) is 0 Å². The average Bonchev–Trinajstić information content (AvgIpc) is 3.30. The molecular formula is C19H28. The third-order valence-electron chi connectivity index (χ3n) is 5.11. The molecule has 0 N–H and O–H groups in total. The van der Waals surface area contributed by atoms with E-state index in [0.717, 1.165) is 11.8 Å². The van der Waals surface area contributed by atoms with Crippen molar-refractivity contribution in [1.29, 1.82) is 0 Å². The number of benzene rings is 1. The number of hydrogen-bond donors (Lipinski definition) is 0. The molecule has 104 valence electrons. The van der Waals surface area contributed by atoms with Gasteiger partial charge in [-0.15, -0.1) is 0 Å². The van der Waals surface area contributed by atoms with Crippen LogP contribution in [0.25, 0.3) is 0 Å². The highest BCUT2D eigenvalue weighted by Crippen LogP contribution is 2.41. The summed E-state index contributed by atoms with van der Waals surface area (Å²) in [6, 6.07) is 9.18. The van der Waals surface area contributed by atoms with Crippen molar-refractivity contribution in [2.75, 3.05) is 0 Å². The fourth-order valence-corrected chi connectivity index (χ4v) is 3.78. The van der Waals surface area contributed by atoms with Crippen LogP contribution in [0.2, 0.25) is 0 Å². The lowest BCUT2D eigenvalue weighted by Crippen LogP contribution is -2.06. The highest BCUT2D eigenvalue weighted by Gasteiger charge is 2.25. The predicted molar refractivity (Wildman–Crippen MR) is 82.5 cm³/mol.